The molecule has 2 aromatic carbocycles. The first-order chi connectivity index (χ1) is 20.3. The Morgan fingerprint density at radius 3 is 2.33 bits per heavy atom. The van der Waals surface area contributed by atoms with Crippen LogP contribution in [0.25, 0.3) is 6.08 Å². The monoisotopic (exact) mass is 619 g/mol. The lowest BCUT2D eigenvalue weighted by Crippen LogP contribution is -2.50. The number of ether oxygens (including phenoxy) is 1. The predicted molar refractivity (Wildman–Crippen MR) is 154 cm³/mol. The number of nitrogens with one attached hydrogen (secondary N) is 2. The highest BCUT2D eigenvalue weighted by atomic mass is 32.2. The maximum atomic E-state index is 13.2. The Hall–Kier alpha value is -3.75. The maximum Gasteiger partial charge on any atom is 0.573 e. The first kappa shape index (κ1) is 30.7. The van der Waals surface area contributed by atoms with Gasteiger partial charge >= 0.3 is 6.36 Å². The first-order valence-electron chi connectivity index (χ1n) is 13.8. The van der Waals surface area contributed by atoms with Gasteiger partial charge < -0.3 is 20.3 Å². The van der Waals surface area contributed by atoms with E-state index in [9.17, 15) is 31.2 Å². The van der Waals surface area contributed by atoms with E-state index in [4.69, 9.17) is 0 Å². The topological polar surface area (TPSA) is 120 Å². The van der Waals surface area contributed by atoms with Crippen molar-refractivity contribution in [1.29, 1.82) is 0 Å². The fourth-order valence-corrected chi connectivity index (χ4v) is 6.77. The van der Waals surface area contributed by atoms with E-state index in [1.807, 2.05) is 13.8 Å². The Kier molecular flexibility index (Phi) is 8.38. The molecule has 2 N–H and O–H groups in total. The maximum absolute atomic E-state index is 13.2. The Balaban J connectivity index is 1.26. The largest absolute Gasteiger partial charge is 0.573 e. The Labute approximate surface area is 247 Å². The number of nitrogens with zero attached hydrogens (tertiary/aromatic N) is 3. The Morgan fingerprint density at radius 1 is 1.05 bits per heavy atom. The normalized spacial score (nSPS) is 19.5. The van der Waals surface area contributed by atoms with Gasteiger partial charge in [0.05, 0.1) is 0 Å². The minimum atomic E-state index is -4.86. The summed E-state index contributed by atoms with van der Waals surface area (Å²) < 4.78 is 69.6. The summed E-state index contributed by atoms with van der Waals surface area (Å²) in [5, 5.41) is 6.98. The number of rotatable bonds is 6. The number of carbonyl (C=O) groups excluding carboxylic acids is 2. The number of sulfonamides is 1. The molecule has 0 atom stereocenters. The van der Waals surface area contributed by atoms with Crippen molar-refractivity contribution in [1.82, 2.24) is 19.8 Å². The molecule has 0 bridgehead atoms. The number of benzene rings is 2. The van der Waals surface area contributed by atoms with Crippen molar-refractivity contribution in [3.05, 3.63) is 69.6 Å². The van der Waals surface area contributed by atoms with Crippen LogP contribution in [0.1, 0.15) is 45.5 Å². The van der Waals surface area contributed by atoms with E-state index in [2.05, 4.69) is 20.4 Å². The number of amides is 2. The van der Waals surface area contributed by atoms with Crippen LogP contribution in [-0.2, 0) is 14.8 Å². The lowest BCUT2D eigenvalue weighted by molar-refractivity contribution is -0.274. The molecule has 0 aliphatic carbocycles. The van der Waals surface area contributed by atoms with E-state index in [-0.39, 0.29) is 43.2 Å². The zero-order chi connectivity index (χ0) is 31.0. The predicted octanol–water partition coefficient (Wildman–Crippen LogP) is 2.96. The van der Waals surface area contributed by atoms with E-state index in [0.717, 1.165) is 41.8 Å². The number of hydrogen-bond acceptors (Lipinski definition) is 7. The van der Waals surface area contributed by atoms with Gasteiger partial charge in [0.15, 0.2) is 0 Å². The number of amidine groups is 1. The fraction of sp³-hybridized carbons (Fsp3) is 0.414. The smallest absolute Gasteiger partial charge is 0.406 e. The van der Waals surface area contributed by atoms with Crippen molar-refractivity contribution in [3.63, 3.8) is 0 Å². The molecule has 2 saturated heterocycles. The molecular formula is C29H32F3N5O5S. The van der Waals surface area contributed by atoms with Gasteiger partial charge in [-0.25, -0.2) is 8.42 Å². The second-order valence-electron chi connectivity index (χ2n) is 10.8. The molecule has 0 saturated carbocycles. The summed E-state index contributed by atoms with van der Waals surface area (Å²) in [5.74, 6) is -0.818. The highest BCUT2D eigenvalue weighted by molar-refractivity contribution is 7.92. The number of piperazine rings is 1. The minimum absolute atomic E-state index is 0.0319. The molecule has 0 unspecified atom stereocenters. The van der Waals surface area contributed by atoms with E-state index in [0.29, 0.717) is 24.2 Å². The number of alkyl halides is 3. The van der Waals surface area contributed by atoms with Crippen LogP contribution in [0.3, 0.4) is 0 Å². The van der Waals surface area contributed by atoms with Crippen LogP contribution in [-0.4, -0.2) is 86.4 Å². The molecule has 0 radical (unpaired) electrons. The van der Waals surface area contributed by atoms with E-state index in [1.54, 1.807) is 17.0 Å². The molecule has 3 aliphatic heterocycles. The van der Waals surface area contributed by atoms with Gasteiger partial charge in [-0.05, 0) is 73.7 Å². The second-order valence-corrected chi connectivity index (χ2v) is 12.7. The lowest BCUT2D eigenvalue weighted by atomic mass is 9.89. The Bertz CT molecular complexity index is 1570. The molecule has 43 heavy (non-hydrogen) atoms. The molecule has 3 aliphatic rings. The van der Waals surface area contributed by atoms with Crippen LogP contribution in [0.15, 0.2) is 46.8 Å². The molecule has 2 fully saturated rings. The number of halogens is 3. The van der Waals surface area contributed by atoms with Crippen molar-refractivity contribution in [2.75, 3.05) is 39.3 Å². The molecule has 3 heterocycles. The van der Waals surface area contributed by atoms with Gasteiger partial charge in [-0.2, -0.15) is 4.31 Å². The van der Waals surface area contributed by atoms with Gasteiger partial charge in [0.25, 0.3) is 11.8 Å². The number of hydrogen-bond donors (Lipinski definition) is 2. The van der Waals surface area contributed by atoms with Gasteiger partial charge in [0.1, 0.15) is 17.1 Å². The van der Waals surface area contributed by atoms with Crippen molar-refractivity contribution in [2.24, 2.45) is 4.99 Å². The molecule has 2 amide bonds. The summed E-state index contributed by atoms with van der Waals surface area (Å²) in [6.45, 7) is 6.47. The van der Waals surface area contributed by atoms with Crippen molar-refractivity contribution in [3.8, 4) is 5.75 Å². The van der Waals surface area contributed by atoms with Crippen molar-refractivity contribution < 1.29 is 35.9 Å². The van der Waals surface area contributed by atoms with Crippen molar-refractivity contribution in [2.45, 2.75) is 38.6 Å². The average molecular weight is 620 g/mol. The third kappa shape index (κ3) is 6.76. The summed E-state index contributed by atoms with van der Waals surface area (Å²) in [7, 11) is -3.84. The van der Waals surface area contributed by atoms with E-state index in [1.165, 1.54) is 22.5 Å². The number of aliphatic imine (C=N–C) groups is 1. The number of carbonyl (C=O) groups is 2. The van der Waals surface area contributed by atoms with Crippen LogP contribution in [0.5, 0.6) is 5.75 Å². The highest BCUT2D eigenvalue weighted by Crippen LogP contribution is 2.33. The van der Waals surface area contributed by atoms with Crippen LogP contribution in [0.4, 0.5) is 13.2 Å². The van der Waals surface area contributed by atoms with Gasteiger partial charge in [-0.1, -0.05) is 12.1 Å². The molecule has 14 heteroatoms. The zero-order valence-corrected chi connectivity index (χ0v) is 24.5. The SMILES string of the molecule is Cc1cc(C(=O)N2CCNCC2)cc(C)c1/C=C/S(=O)(=O)N1CCC2(CC1)N=C(c1cccc(OC(F)(F)F)c1)NC2=O. The summed E-state index contributed by atoms with van der Waals surface area (Å²) in [6, 6.07) is 8.68. The van der Waals surface area contributed by atoms with Crippen LogP contribution >= 0.6 is 0 Å². The number of piperidine rings is 1. The summed E-state index contributed by atoms with van der Waals surface area (Å²) >= 11 is 0. The van der Waals surface area contributed by atoms with E-state index >= 15 is 0 Å². The molecule has 2 aromatic rings. The molecular weight excluding hydrogens is 587 g/mol. The second kappa shape index (κ2) is 11.7. The zero-order valence-electron chi connectivity index (χ0n) is 23.7. The van der Waals surface area contributed by atoms with Gasteiger partial charge in [-0.15, -0.1) is 13.2 Å². The summed E-state index contributed by atoms with van der Waals surface area (Å²) in [5.41, 5.74) is 1.85. The van der Waals surface area contributed by atoms with Gasteiger partial charge in [0.2, 0.25) is 10.0 Å². The van der Waals surface area contributed by atoms with Crippen LogP contribution in [0, 0.1) is 13.8 Å². The van der Waals surface area contributed by atoms with Crippen molar-refractivity contribution >= 4 is 33.7 Å². The summed E-state index contributed by atoms with van der Waals surface area (Å²) in [4.78, 5) is 32.1. The quantitative estimate of drug-likeness (QED) is 0.513. The van der Waals surface area contributed by atoms with E-state index < -0.39 is 33.6 Å². The molecule has 5 rings (SSSR count). The number of aryl methyl sites for hydroxylation is 2. The molecule has 10 nitrogen and oxygen atoms in total. The molecule has 230 valence electrons. The van der Waals surface area contributed by atoms with Gasteiger partial charge in [0, 0.05) is 55.8 Å². The van der Waals surface area contributed by atoms with Crippen LogP contribution < -0.4 is 15.4 Å². The standard InChI is InChI=1S/C29H32F3N5O5S/c1-19-16-22(26(38)36-13-9-33-10-14-36)17-20(2)24(19)6-15-43(40,41)37-11-7-28(8-12-37)27(39)34-25(35-28)21-4-3-5-23(18-21)42-29(30,31)32/h3-6,15-18,33H,7-14H2,1-2H3,(H,34,35,39)/b15-6+. The highest BCUT2D eigenvalue weighted by Gasteiger charge is 2.47. The molecule has 1 spiro atoms. The third-order valence-corrected chi connectivity index (χ3v) is 9.45. The van der Waals surface area contributed by atoms with Crippen LogP contribution in [0.2, 0.25) is 0 Å². The Morgan fingerprint density at radius 2 is 1.70 bits per heavy atom. The fourth-order valence-electron chi connectivity index (χ4n) is 5.59. The minimum Gasteiger partial charge on any atom is -0.406 e. The summed E-state index contributed by atoms with van der Waals surface area (Å²) in [6.07, 6.45) is -3.12. The van der Waals surface area contributed by atoms with Gasteiger partial charge in [-0.3, -0.25) is 14.6 Å². The average Bonchev–Trinajstić information content (AvgIpc) is 3.27. The lowest BCUT2D eigenvalue weighted by Gasteiger charge is -2.34. The first-order valence-corrected chi connectivity index (χ1v) is 15.3. The molecule has 0 aromatic heterocycles. The third-order valence-electron chi connectivity index (χ3n) is 7.88.